The molecule has 7 heteroatoms. The van der Waals surface area contributed by atoms with Crippen LogP contribution in [0, 0.1) is 20.8 Å². The van der Waals surface area contributed by atoms with Crippen LogP contribution < -0.4 is 10.6 Å². The summed E-state index contributed by atoms with van der Waals surface area (Å²) >= 11 is 3.38. The largest absolute Gasteiger partial charge is 0.351 e. The van der Waals surface area contributed by atoms with E-state index in [-0.39, 0.29) is 0 Å². The van der Waals surface area contributed by atoms with E-state index in [0.29, 0.717) is 0 Å². The van der Waals surface area contributed by atoms with Crippen molar-refractivity contribution in [3.8, 4) is 0 Å². The third-order valence-corrected chi connectivity index (χ3v) is 4.91. The maximum atomic E-state index is 4.42. The van der Waals surface area contributed by atoms with Crippen LogP contribution in [0.4, 0.5) is 0 Å². The molecule has 2 aromatic heterocycles. The van der Waals surface area contributed by atoms with Crippen LogP contribution in [0.3, 0.4) is 0 Å². The van der Waals surface area contributed by atoms with Crippen molar-refractivity contribution in [1.82, 2.24) is 20.6 Å². The Labute approximate surface area is 127 Å². The molecule has 0 radical (unpaired) electrons. The summed E-state index contributed by atoms with van der Waals surface area (Å²) in [6, 6.07) is 0. The number of aryl methyl sites for hydroxylation is 3. The van der Waals surface area contributed by atoms with Crippen LogP contribution in [0.5, 0.6) is 0 Å². The van der Waals surface area contributed by atoms with E-state index in [2.05, 4.69) is 25.6 Å². The average Bonchev–Trinajstić information content (AvgIpc) is 2.96. The third-order valence-electron chi connectivity index (χ3n) is 2.90. The first-order chi connectivity index (χ1) is 9.60. The minimum absolute atomic E-state index is 0.747. The molecule has 0 spiro atoms. The van der Waals surface area contributed by atoms with E-state index in [9.17, 15) is 0 Å². The van der Waals surface area contributed by atoms with Gasteiger partial charge < -0.3 is 10.6 Å². The maximum Gasteiger partial charge on any atom is 0.191 e. The van der Waals surface area contributed by atoms with Gasteiger partial charge in [0.25, 0.3) is 0 Å². The summed E-state index contributed by atoms with van der Waals surface area (Å²) in [5.74, 6) is 0.795. The number of guanidine groups is 1. The molecule has 0 fully saturated rings. The molecule has 0 aromatic carbocycles. The second-order valence-electron chi connectivity index (χ2n) is 4.38. The van der Waals surface area contributed by atoms with Crippen LogP contribution in [0.2, 0.25) is 0 Å². The Morgan fingerprint density at radius 2 is 1.85 bits per heavy atom. The Bertz CT molecular complexity index is 600. The lowest BCUT2D eigenvalue weighted by Gasteiger charge is -2.10. The van der Waals surface area contributed by atoms with E-state index in [1.54, 1.807) is 29.7 Å². The molecule has 2 rings (SSSR count). The number of aromatic nitrogens is 2. The molecule has 0 aliphatic rings. The number of aliphatic imine (C=N–C) groups is 1. The number of rotatable bonds is 4. The van der Waals surface area contributed by atoms with Gasteiger partial charge in [-0.15, -0.1) is 22.7 Å². The topological polar surface area (TPSA) is 62.2 Å². The van der Waals surface area contributed by atoms with E-state index < -0.39 is 0 Å². The van der Waals surface area contributed by atoms with Gasteiger partial charge in [-0.3, -0.25) is 4.99 Å². The maximum absolute atomic E-state index is 4.42. The predicted octanol–water partition coefficient (Wildman–Crippen LogP) is 2.39. The second kappa shape index (κ2) is 6.81. The first kappa shape index (κ1) is 14.9. The molecule has 0 unspecified atom stereocenters. The highest BCUT2D eigenvalue weighted by Crippen LogP contribution is 2.16. The molecule has 108 valence electrons. The van der Waals surface area contributed by atoms with Gasteiger partial charge in [0.1, 0.15) is 0 Å². The Balaban J connectivity index is 1.87. The summed E-state index contributed by atoms with van der Waals surface area (Å²) in [4.78, 5) is 15.4. The number of nitrogens with one attached hydrogen (secondary N) is 2. The second-order valence-corrected chi connectivity index (χ2v) is 6.61. The Morgan fingerprint density at radius 1 is 1.15 bits per heavy atom. The van der Waals surface area contributed by atoms with E-state index in [0.717, 1.165) is 35.4 Å². The summed E-state index contributed by atoms with van der Waals surface area (Å²) in [5.41, 5.74) is 4.03. The number of nitrogens with zero attached hydrogens (tertiary/aromatic N) is 3. The summed E-state index contributed by atoms with van der Waals surface area (Å²) in [6.45, 7) is 7.58. The summed E-state index contributed by atoms with van der Waals surface area (Å²) in [6.07, 6.45) is 0. The molecular weight excluding hydrogens is 290 g/mol. The van der Waals surface area contributed by atoms with Gasteiger partial charge in [-0.2, -0.15) is 0 Å². The van der Waals surface area contributed by atoms with Gasteiger partial charge >= 0.3 is 0 Å². The Hall–Kier alpha value is -1.47. The number of hydrogen-bond donors (Lipinski definition) is 2. The molecule has 2 N–H and O–H groups in total. The highest BCUT2D eigenvalue weighted by atomic mass is 32.1. The fourth-order valence-corrected chi connectivity index (χ4v) is 3.38. The van der Waals surface area contributed by atoms with Gasteiger partial charge in [0.15, 0.2) is 5.96 Å². The van der Waals surface area contributed by atoms with Crippen LogP contribution in [0.25, 0.3) is 0 Å². The van der Waals surface area contributed by atoms with E-state index >= 15 is 0 Å². The predicted molar refractivity (Wildman–Crippen MR) is 85.5 cm³/mol. The van der Waals surface area contributed by atoms with Crippen molar-refractivity contribution in [1.29, 1.82) is 0 Å². The quantitative estimate of drug-likeness (QED) is 0.672. The van der Waals surface area contributed by atoms with Crippen molar-refractivity contribution in [2.75, 3.05) is 7.05 Å². The minimum Gasteiger partial charge on any atom is -0.351 e. The molecular formula is C13H19N5S2. The minimum atomic E-state index is 0.747. The van der Waals surface area contributed by atoms with Crippen LogP contribution in [-0.2, 0) is 13.1 Å². The molecule has 0 amide bonds. The van der Waals surface area contributed by atoms with Crippen molar-refractivity contribution in [3.05, 3.63) is 31.7 Å². The highest BCUT2D eigenvalue weighted by molar-refractivity contribution is 7.11. The van der Waals surface area contributed by atoms with Crippen LogP contribution >= 0.6 is 22.7 Å². The zero-order chi connectivity index (χ0) is 14.5. The highest BCUT2D eigenvalue weighted by Gasteiger charge is 2.07. The smallest absolute Gasteiger partial charge is 0.191 e. The first-order valence-corrected chi connectivity index (χ1v) is 8.06. The summed E-state index contributed by atoms with van der Waals surface area (Å²) in [5, 5.41) is 7.72. The zero-order valence-corrected chi connectivity index (χ0v) is 13.8. The zero-order valence-electron chi connectivity index (χ0n) is 12.1. The molecule has 0 saturated carbocycles. The van der Waals surface area contributed by atoms with Gasteiger partial charge in [-0.1, -0.05) is 0 Å². The molecule has 5 nitrogen and oxygen atoms in total. The first-order valence-electron chi connectivity index (χ1n) is 6.36. The lowest BCUT2D eigenvalue weighted by molar-refractivity contribution is 0.814. The van der Waals surface area contributed by atoms with Gasteiger partial charge in [0.2, 0.25) is 0 Å². The SMILES string of the molecule is CN=C(NCc1scnc1C)NCc1sc(C)nc1C. The Morgan fingerprint density at radius 3 is 2.35 bits per heavy atom. The monoisotopic (exact) mass is 309 g/mol. The van der Waals surface area contributed by atoms with Crippen LogP contribution in [0.15, 0.2) is 10.5 Å². The van der Waals surface area contributed by atoms with Gasteiger partial charge in [0.05, 0.1) is 35.0 Å². The van der Waals surface area contributed by atoms with Gasteiger partial charge in [-0.25, -0.2) is 9.97 Å². The number of thiazole rings is 2. The molecule has 2 heterocycles. The Kier molecular flexibility index (Phi) is 5.08. The van der Waals surface area contributed by atoms with Crippen LogP contribution in [-0.4, -0.2) is 23.0 Å². The fourth-order valence-electron chi connectivity index (χ4n) is 1.78. The third kappa shape index (κ3) is 3.77. The molecule has 0 bridgehead atoms. The van der Waals surface area contributed by atoms with Crippen molar-refractivity contribution < 1.29 is 0 Å². The molecule has 0 aliphatic heterocycles. The number of hydrogen-bond acceptors (Lipinski definition) is 5. The van der Waals surface area contributed by atoms with E-state index in [1.807, 2.05) is 26.3 Å². The molecule has 20 heavy (non-hydrogen) atoms. The van der Waals surface area contributed by atoms with Gasteiger partial charge in [0, 0.05) is 16.8 Å². The van der Waals surface area contributed by atoms with E-state index in [1.165, 1.54) is 9.75 Å². The van der Waals surface area contributed by atoms with Crippen LogP contribution in [0.1, 0.15) is 26.1 Å². The molecule has 0 atom stereocenters. The fraction of sp³-hybridized carbons (Fsp3) is 0.462. The van der Waals surface area contributed by atoms with Gasteiger partial charge in [-0.05, 0) is 20.8 Å². The van der Waals surface area contributed by atoms with Crippen molar-refractivity contribution in [3.63, 3.8) is 0 Å². The van der Waals surface area contributed by atoms with Crippen molar-refractivity contribution in [2.45, 2.75) is 33.9 Å². The normalized spacial score (nSPS) is 11.7. The molecule has 0 aliphatic carbocycles. The lowest BCUT2D eigenvalue weighted by Crippen LogP contribution is -2.36. The molecule has 0 saturated heterocycles. The average molecular weight is 309 g/mol. The lowest BCUT2D eigenvalue weighted by atomic mass is 10.4. The van der Waals surface area contributed by atoms with Crippen molar-refractivity contribution >= 4 is 28.6 Å². The van der Waals surface area contributed by atoms with E-state index in [4.69, 9.17) is 0 Å². The summed E-state index contributed by atoms with van der Waals surface area (Å²) in [7, 11) is 1.78. The van der Waals surface area contributed by atoms with Crippen molar-refractivity contribution in [2.24, 2.45) is 4.99 Å². The summed E-state index contributed by atoms with van der Waals surface area (Å²) < 4.78 is 0. The standard InChI is InChI=1S/C13H19N5S2/c1-8-11(19-7-17-8)5-15-13(14-4)16-6-12-9(2)18-10(3)20-12/h7H,5-6H2,1-4H3,(H2,14,15,16). The molecule has 2 aromatic rings.